The van der Waals surface area contributed by atoms with Crippen LogP contribution in [0.5, 0.6) is 0 Å². The maximum absolute atomic E-state index is 8.85. The van der Waals surface area contributed by atoms with Crippen LogP contribution in [0.2, 0.25) is 0 Å². The lowest BCUT2D eigenvalue weighted by molar-refractivity contribution is 0.241. The Morgan fingerprint density at radius 3 is 2.85 bits per heavy atom. The second kappa shape index (κ2) is 7.94. The molecule has 0 radical (unpaired) electrons. The highest BCUT2D eigenvalue weighted by molar-refractivity contribution is 5.55. The van der Waals surface area contributed by atoms with E-state index >= 15 is 0 Å². The lowest BCUT2D eigenvalue weighted by Crippen LogP contribution is -2.24. The molecule has 1 saturated heterocycles. The highest BCUT2D eigenvalue weighted by Gasteiger charge is 2.27. The first-order chi connectivity index (χ1) is 13.3. The SMILES string of the molecule is N#Cc1ccc(Nc2cccc([C@H]3CCCN3Cc3ccccn3)n2)cn1. The molecule has 1 aliphatic heterocycles. The fraction of sp³-hybridized carbons (Fsp3) is 0.238. The van der Waals surface area contributed by atoms with Crippen LogP contribution in [0, 0.1) is 11.3 Å². The quantitative estimate of drug-likeness (QED) is 0.749. The van der Waals surface area contributed by atoms with Gasteiger partial charge in [-0.3, -0.25) is 9.88 Å². The Bertz CT molecular complexity index is 933. The number of likely N-dealkylation sites (tertiary alicyclic amines) is 1. The molecule has 27 heavy (non-hydrogen) atoms. The zero-order valence-electron chi connectivity index (χ0n) is 14.9. The minimum absolute atomic E-state index is 0.299. The van der Waals surface area contributed by atoms with Gasteiger partial charge in [0.05, 0.1) is 29.3 Å². The van der Waals surface area contributed by atoms with E-state index in [4.69, 9.17) is 10.2 Å². The van der Waals surface area contributed by atoms with E-state index in [2.05, 4.69) is 32.3 Å². The first-order valence-electron chi connectivity index (χ1n) is 9.06. The third-order valence-electron chi connectivity index (χ3n) is 4.72. The van der Waals surface area contributed by atoms with E-state index in [9.17, 15) is 0 Å². The molecule has 6 nitrogen and oxygen atoms in total. The van der Waals surface area contributed by atoms with Crippen molar-refractivity contribution in [1.29, 1.82) is 5.26 Å². The Morgan fingerprint density at radius 1 is 1.11 bits per heavy atom. The first kappa shape index (κ1) is 17.1. The third kappa shape index (κ3) is 4.10. The molecule has 6 heteroatoms. The van der Waals surface area contributed by atoms with Crippen LogP contribution in [0.4, 0.5) is 11.5 Å². The summed E-state index contributed by atoms with van der Waals surface area (Å²) in [7, 11) is 0. The number of anilines is 2. The van der Waals surface area contributed by atoms with Crippen molar-refractivity contribution >= 4 is 11.5 Å². The molecule has 4 rings (SSSR count). The molecule has 3 aromatic heterocycles. The molecule has 0 unspecified atom stereocenters. The van der Waals surface area contributed by atoms with E-state index in [1.54, 1.807) is 12.3 Å². The number of nitrogens with zero attached hydrogens (tertiary/aromatic N) is 5. The van der Waals surface area contributed by atoms with Crippen LogP contribution in [-0.4, -0.2) is 26.4 Å². The fourth-order valence-corrected chi connectivity index (χ4v) is 3.44. The fourth-order valence-electron chi connectivity index (χ4n) is 3.44. The largest absolute Gasteiger partial charge is 0.339 e. The van der Waals surface area contributed by atoms with Crippen LogP contribution < -0.4 is 5.32 Å². The third-order valence-corrected chi connectivity index (χ3v) is 4.72. The Kier molecular flexibility index (Phi) is 5.04. The van der Waals surface area contributed by atoms with E-state index in [1.165, 1.54) is 0 Å². The topological polar surface area (TPSA) is 77.7 Å². The van der Waals surface area contributed by atoms with E-state index in [0.717, 1.165) is 48.8 Å². The average Bonchev–Trinajstić information content (AvgIpc) is 3.18. The van der Waals surface area contributed by atoms with Crippen LogP contribution in [0.1, 0.15) is 36.0 Å². The van der Waals surface area contributed by atoms with Gasteiger partial charge in [-0.25, -0.2) is 9.97 Å². The molecule has 134 valence electrons. The molecular formula is C21H20N6. The molecule has 1 atom stereocenters. The Hall–Kier alpha value is -3.30. The number of hydrogen-bond donors (Lipinski definition) is 1. The van der Waals surface area contributed by atoms with Crippen molar-refractivity contribution in [3.63, 3.8) is 0 Å². The highest BCUT2D eigenvalue weighted by atomic mass is 15.2. The molecule has 1 N–H and O–H groups in total. The summed E-state index contributed by atoms with van der Waals surface area (Å²) in [4.78, 5) is 15.8. The van der Waals surface area contributed by atoms with Gasteiger partial charge in [0.25, 0.3) is 0 Å². The monoisotopic (exact) mass is 356 g/mol. The standard InChI is InChI=1S/C21H20N6/c22-13-16-9-10-17(14-24-16)25-21-8-3-6-19(26-21)20-7-4-12-27(20)15-18-5-1-2-11-23-18/h1-3,5-6,8-11,14,20H,4,7,12,15H2,(H,25,26)/t20-/m1/s1. The average molecular weight is 356 g/mol. The van der Waals surface area contributed by atoms with Crippen LogP contribution >= 0.6 is 0 Å². The smallest absolute Gasteiger partial charge is 0.140 e. The number of nitrogens with one attached hydrogen (secondary N) is 1. The number of rotatable bonds is 5. The normalized spacial score (nSPS) is 16.8. The van der Waals surface area contributed by atoms with Gasteiger partial charge < -0.3 is 5.32 Å². The molecule has 0 spiro atoms. The van der Waals surface area contributed by atoms with Crippen LogP contribution in [-0.2, 0) is 6.54 Å². The predicted octanol–water partition coefficient (Wildman–Crippen LogP) is 3.82. The number of aromatic nitrogens is 3. The van der Waals surface area contributed by atoms with Gasteiger partial charge in [0, 0.05) is 12.7 Å². The second-order valence-corrected chi connectivity index (χ2v) is 6.57. The van der Waals surface area contributed by atoms with Gasteiger partial charge in [-0.1, -0.05) is 12.1 Å². The summed E-state index contributed by atoms with van der Waals surface area (Å²) in [5.74, 6) is 0.781. The van der Waals surface area contributed by atoms with Gasteiger partial charge in [-0.05, 0) is 55.8 Å². The first-order valence-corrected chi connectivity index (χ1v) is 9.06. The van der Waals surface area contributed by atoms with Crippen molar-refractivity contribution in [1.82, 2.24) is 19.9 Å². The number of hydrogen-bond acceptors (Lipinski definition) is 6. The Balaban J connectivity index is 1.50. The summed E-state index contributed by atoms with van der Waals surface area (Å²) in [6, 6.07) is 18.0. The van der Waals surface area contributed by atoms with Crippen LogP contribution in [0.25, 0.3) is 0 Å². The summed E-state index contributed by atoms with van der Waals surface area (Å²) < 4.78 is 0. The van der Waals surface area contributed by atoms with Gasteiger partial charge in [0.1, 0.15) is 17.6 Å². The molecular weight excluding hydrogens is 336 g/mol. The molecule has 0 aliphatic carbocycles. The summed E-state index contributed by atoms with van der Waals surface area (Å²) in [5, 5.41) is 12.1. The second-order valence-electron chi connectivity index (χ2n) is 6.57. The predicted molar refractivity (Wildman–Crippen MR) is 103 cm³/mol. The summed E-state index contributed by atoms with van der Waals surface area (Å²) >= 11 is 0. The number of nitriles is 1. The van der Waals surface area contributed by atoms with Crippen LogP contribution in [0.3, 0.4) is 0 Å². The maximum Gasteiger partial charge on any atom is 0.140 e. The molecule has 4 heterocycles. The lowest BCUT2D eigenvalue weighted by atomic mass is 10.1. The van der Waals surface area contributed by atoms with E-state index in [0.29, 0.717) is 11.7 Å². The van der Waals surface area contributed by atoms with Gasteiger partial charge in [0.15, 0.2) is 0 Å². The summed E-state index contributed by atoms with van der Waals surface area (Å²) in [6.07, 6.45) is 5.75. The van der Waals surface area contributed by atoms with Gasteiger partial charge in [-0.2, -0.15) is 5.26 Å². The molecule has 1 aliphatic rings. The van der Waals surface area contributed by atoms with Crippen molar-refractivity contribution in [2.45, 2.75) is 25.4 Å². The molecule has 0 aromatic carbocycles. The van der Waals surface area contributed by atoms with E-state index in [-0.39, 0.29) is 0 Å². The molecule has 0 saturated carbocycles. The van der Waals surface area contributed by atoms with Crippen molar-refractivity contribution < 1.29 is 0 Å². The van der Waals surface area contributed by atoms with Crippen molar-refractivity contribution in [3.8, 4) is 6.07 Å². The van der Waals surface area contributed by atoms with Crippen molar-refractivity contribution in [3.05, 3.63) is 78.0 Å². The zero-order chi connectivity index (χ0) is 18.5. The van der Waals surface area contributed by atoms with Crippen molar-refractivity contribution in [2.24, 2.45) is 0 Å². The number of pyridine rings is 3. The maximum atomic E-state index is 8.85. The zero-order valence-corrected chi connectivity index (χ0v) is 14.9. The van der Waals surface area contributed by atoms with Crippen LogP contribution in [0.15, 0.2) is 60.9 Å². The summed E-state index contributed by atoms with van der Waals surface area (Å²) in [5.41, 5.74) is 3.37. The molecule has 0 amide bonds. The van der Waals surface area contributed by atoms with E-state index < -0.39 is 0 Å². The Morgan fingerprint density at radius 2 is 2.07 bits per heavy atom. The minimum Gasteiger partial charge on any atom is -0.339 e. The summed E-state index contributed by atoms with van der Waals surface area (Å²) in [6.45, 7) is 1.89. The van der Waals surface area contributed by atoms with E-state index in [1.807, 2.05) is 42.6 Å². The molecule has 0 bridgehead atoms. The molecule has 3 aromatic rings. The molecule has 1 fully saturated rings. The van der Waals surface area contributed by atoms with Gasteiger partial charge in [-0.15, -0.1) is 0 Å². The highest BCUT2D eigenvalue weighted by Crippen LogP contribution is 2.32. The Labute approximate surface area is 158 Å². The van der Waals surface area contributed by atoms with Gasteiger partial charge >= 0.3 is 0 Å². The minimum atomic E-state index is 0.299. The van der Waals surface area contributed by atoms with Crippen molar-refractivity contribution in [2.75, 3.05) is 11.9 Å². The lowest BCUT2D eigenvalue weighted by Gasteiger charge is -2.24. The van der Waals surface area contributed by atoms with Gasteiger partial charge in [0.2, 0.25) is 0 Å².